The molecule has 136 valence electrons. The van der Waals surface area contributed by atoms with E-state index in [-0.39, 0.29) is 12.5 Å². The van der Waals surface area contributed by atoms with Crippen LogP contribution >= 0.6 is 11.3 Å². The van der Waals surface area contributed by atoms with Crippen LogP contribution in [-0.2, 0) is 16.0 Å². The number of fused-ring (bicyclic) bond motifs is 1. The first-order valence-electron chi connectivity index (χ1n) is 8.72. The first-order valence-corrected chi connectivity index (χ1v) is 9.53. The van der Waals surface area contributed by atoms with Crippen molar-refractivity contribution >= 4 is 28.9 Å². The topological polar surface area (TPSA) is 59.5 Å². The minimum Gasteiger partial charge on any atom is -0.451 e. The lowest BCUT2D eigenvalue weighted by Crippen LogP contribution is -2.33. The van der Waals surface area contributed by atoms with Crippen molar-refractivity contribution < 1.29 is 14.3 Å². The molecule has 0 atom stereocenters. The molecular formula is C21H18N2O3S. The monoisotopic (exact) mass is 378 g/mol. The van der Waals surface area contributed by atoms with E-state index in [1.54, 1.807) is 11.8 Å². The van der Waals surface area contributed by atoms with E-state index in [4.69, 9.17) is 4.74 Å². The smallest absolute Gasteiger partial charge is 0.350 e. The minimum absolute atomic E-state index is 0.209. The van der Waals surface area contributed by atoms with Crippen molar-refractivity contribution in [1.82, 2.24) is 4.98 Å². The van der Waals surface area contributed by atoms with E-state index in [0.29, 0.717) is 17.1 Å². The number of amides is 1. The SMILES string of the molecule is Cc1nc(-c2ccccc2)sc1C(=O)OCC(=O)N1CCc2ccccc21. The van der Waals surface area contributed by atoms with Crippen LogP contribution in [0.5, 0.6) is 0 Å². The van der Waals surface area contributed by atoms with Gasteiger partial charge in [-0.2, -0.15) is 0 Å². The molecule has 0 fully saturated rings. The Labute approximate surface area is 161 Å². The van der Waals surface area contributed by atoms with E-state index < -0.39 is 5.97 Å². The molecule has 4 rings (SSSR count). The maximum atomic E-state index is 12.5. The van der Waals surface area contributed by atoms with Gasteiger partial charge in [-0.25, -0.2) is 9.78 Å². The summed E-state index contributed by atoms with van der Waals surface area (Å²) in [5, 5.41) is 0.764. The molecule has 1 aliphatic heterocycles. The molecule has 1 amide bonds. The lowest BCUT2D eigenvalue weighted by Gasteiger charge is -2.17. The maximum Gasteiger partial charge on any atom is 0.350 e. The van der Waals surface area contributed by atoms with Gasteiger partial charge >= 0.3 is 5.97 Å². The summed E-state index contributed by atoms with van der Waals surface area (Å²) >= 11 is 1.28. The van der Waals surface area contributed by atoms with Gasteiger partial charge in [0, 0.05) is 17.8 Å². The quantitative estimate of drug-likeness (QED) is 0.647. The number of thiazole rings is 1. The van der Waals surface area contributed by atoms with Crippen molar-refractivity contribution in [2.75, 3.05) is 18.1 Å². The summed E-state index contributed by atoms with van der Waals surface area (Å²) in [6.45, 7) is 2.12. The van der Waals surface area contributed by atoms with Crippen LogP contribution in [0, 0.1) is 6.92 Å². The third-order valence-corrected chi connectivity index (χ3v) is 5.70. The second-order valence-electron chi connectivity index (χ2n) is 6.30. The Balaban J connectivity index is 1.43. The van der Waals surface area contributed by atoms with Crippen molar-refractivity contribution in [3.63, 3.8) is 0 Å². The van der Waals surface area contributed by atoms with Crippen molar-refractivity contribution in [1.29, 1.82) is 0 Å². The average Bonchev–Trinajstić information content (AvgIpc) is 3.30. The molecule has 0 radical (unpaired) electrons. The summed E-state index contributed by atoms with van der Waals surface area (Å²) in [6, 6.07) is 17.5. The summed E-state index contributed by atoms with van der Waals surface area (Å²) in [7, 11) is 0. The number of para-hydroxylation sites is 1. The first-order chi connectivity index (χ1) is 13.1. The number of aromatic nitrogens is 1. The third-order valence-electron chi connectivity index (χ3n) is 4.52. The number of esters is 1. The second kappa shape index (κ2) is 7.32. The number of anilines is 1. The first kappa shape index (κ1) is 17.4. The van der Waals surface area contributed by atoms with E-state index in [1.807, 2.05) is 54.6 Å². The van der Waals surface area contributed by atoms with Gasteiger partial charge in [-0.1, -0.05) is 48.5 Å². The minimum atomic E-state index is -0.506. The van der Waals surface area contributed by atoms with E-state index in [0.717, 1.165) is 28.2 Å². The van der Waals surface area contributed by atoms with E-state index >= 15 is 0 Å². The lowest BCUT2D eigenvalue weighted by molar-refractivity contribution is -0.121. The van der Waals surface area contributed by atoms with E-state index in [9.17, 15) is 9.59 Å². The van der Waals surface area contributed by atoms with Crippen LogP contribution in [0.15, 0.2) is 54.6 Å². The number of aryl methyl sites for hydroxylation is 1. The highest BCUT2D eigenvalue weighted by Crippen LogP contribution is 2.29. The average molecular weight is 378 g/mol. The molecule has 3 aromatic rings. The molecule has 1 aromatic heterocycles. The molecule has 2 heterocycles. The fourth-order valence-corrected chi connectivity index (χ4v) is 4.12. The Hall–Kier alpha value is -2.99. The van der Waals surface area contributed by atoms with E-state index in [1.165, 1.54) is 11.3 Å². The van der Waals surface area contributed by atoms with Gasteiger partial charge in [-0.15, -0.1) is 11.3 Å². The molecule has 5 nitrogen and oxygen atoms in total. The number of hydrogen-bond donors (Lipinski definition) is 0. The van der Waals surface area contributed by atoms with Gasteiger partial charge in [0.05, 0.1) is 5.69 Å². The lowest BCUT2D eigenvalue weighted by atomic mass is 10.2. The van der Waals surface area contributed by atoms with Gasteiger partial charge in [0.25, 0.3) is 5.91 Å². The molecular weight excluding hydrogens is 360 g/mol. The summed E-state index contributed by atoms with van der Waals surface area (Å²) < 4.78 is 5.29. The summed E-state index contributed by atoms with van der Waals surface area (Å²) in [5.41, 5.74) is 3.61. The fourth-order valence-electron chi connectivity index (χ4n) is 3.16. The molecule has 0 saturated carbocycles. The molecule has 2 aromatic carbocycles. The predicted molar refractivity (Wildman–Crippen MR) is 105 cm³/mol. The molecule has 1 aliphatic rings. The van der Waals surface area contributed by atoms with Crippen LogP contribution in [0.2, 0.25) is 0 Å². The van der Waals surface area contributed by atoms with Gasteiger partial charge in [0.15, 0.2) is 6.61 Å². The second-order valence-corrected chi connectivity index (χ2v) is 7.30. The largest absolute Gasteiger partial charge is 0.451 e. The molecule has 0 spiro atoms. The Kier molecular flexibility index (Phi) is 4.73. The van der Waals surface area contributed by atoms with Crippen molar-refractivity contribution in [2.45, 2.75) is 13.3 Å². The molecule has 0 N–H and O–H groups in total. The van der Waals surface area contributed by atoms with Gasteiger partial charge in [0.2, 0.25) is 0 Å². The van der Waals surface area contributed by atoms with Crippen LogP contribution in [0.3, 0.4) is 0 Å². The predicted octanol–water partition coefficient (Wildman–Crippen LogP) is 3.86. The molecule has 0 saturated heterocycles. The van der Waals surface area contributed by atoms with Crippen LogP contribution in [0.25, 0.3) is 10.6 Å². The zero-order valence-electron chi connectivity index (χ0n) is 14.8. The number of carbonyl (C=O) groups is 2. The highest BCUT2D eigenvalue weighted by atomic mass is 32.1. The van der Waals surface area contributed by atoms with Crippen LogP contribution in [0.4, 0.5) is 5.69 Å². The normalized spacial score (nSPS) is 12.7. The van der Waals surface area contributed by atoms with E-state index in [2.05, 4.69) is 4.98 Å². The number of ether oxygens (including phenoxy) is 1. The third kappa shape index (κ3) is 3.48. The van der Waals surface area contributed by atoms with Crippen molar-refractivity contribution in [3.05, 3.63) is 70.7 Å². The Morgan fingerprint density at radius 1 is 1.11 bits per heavy atom. The highest BCUT2D eigenvalue weighted by molar-refractivity contribution is 7.17. The van der Waals surface area contributed by atoms with Gasteiger partial charge < -0.3 is 9.64 Å². The molecule has 0 unspecified atom stereocenters. The number of hydrogen-bond acceptors (Lipinski definition) is 5. The fraction of sp³-hybridized carbons (Fsp3) is 0.190. The van der Waals surface area contributed by atoms with Gasteiger partial charge in [-0.05, 0) is 25.0 Å². The molecule has 0 aliphatic carbocycles. The van der Waals surface area contributed by atoms with Gasteiger partial charge in [-0.3, -0.25) is 4.79 Å². The standard InChI is InChI=1S/C21H18N2O3S/c1-14-19(27-20(22-14)16-8-3-2-4-9-16)21(25)26-13-18(24)23-12-11-15-7-5-6-10-17(15)23/h2-10H,11-13H2,1H3. The summed E-state index contributed by atoms with van der Waals surface area (Å²) in [4.78, 5) is 31.5. The Bertz CT molecular complexity index is 998. The summed E-state index contributed by atoms with van der Waals surface area (Å²) in [6.07, 6.45) is 0.824. The number of carbonyl (C=O) groups excluding carboxylic acids is 2. The maximum absolute atomic E-state index is 12.5. The molecule has 27 heavy (non-hydrogen) atoms. The zero-order chi connectivity index (χ0) is 18.8. The molecule has 6 heteroatoms. The van der Waals surface area contributed by atoms with Gasteiger partial charge in [0.1, 0.15) is 9.88 Å². The number of rotatable bonds is 4. The Morgan fingerprint density at radius 3 is 2.67 bits per heavy atom. The number of benzene rings is 2. The zero-order valence-corrected chi connectivity index (χ0v) is 15.7. The molecule has 0 bridgehead atoms. The Morgan fingerprint density at radius 2 is 1.85 bits per heavy atom. The van der Waals surface area contributed by atoms with Crippen LogP contribution in [-0.4, -0.2) is 30.0 Å². The van der Waals surface area contributed by atoms with Crippen molar-refractivity contribution in [3.8, 4) is 10.6 Å². The highest BCUT2D eigenvalue weighted by Gasteiger charge is 2.26. The van der Waals surface area contributed by atoms with Crippen molar-refractivity contribution in [2.24, 2.45) is 0 Å². The number of nitrogens with zero attached hydrogens (tertiary/aromatic N) is 2. The van der Waals surface area contributed by atoms with Crippen LogP contribution in [0.1, 0.15) is 20.9 Å². The van der Waals surface area contributed by atoms with Crippen LogP contribution < -0.4 is 4.90 Å². The summed E-state index contributed by atoms with van der Waals surface area (Å²) in [5.74, 6) is -0.716.